The van der Waals surface area contributed by atoms with Crippen molar-refractivity contribution in [1.29, 1.82) is 5.26 Å². The highest BCUT2D eigenvalue weighted by atomic mass is 79.9. The molecule has 9 heavy (non-hydrogen) atoms. The van der Waals surface area contributed by atoms with Crippen LogP contribution in [0.25, 0.3) is 0 Å². The van der Waals surface area contributed by atoms with Gasteiger partial charge in [-0.25, -0.2) is 0 Å². The zero-order valence-corrected chi connectivity index (χ0v) is 6.30. The van der Waals surface area contributed by atoms with Gasteiger partial charge in [-0.2, -0.15) is 5.26 Å². The van der Waals surface area contributed by atoms with Gasteiger partial charge in [0.25, 0.3) is 0 Å². The molecule has 0 aromatic heterocycles. The standard InChI is InChI=1S/C6H5BrN2/c7-6(5-8)3-1-2-4-9-6/h1-2,4H,3H2. The van der Waals surface area contributed by atoms with E-state index in [0.717, 1.165) is 0 Å². The van der Waals surface area contributed by atoms with Crippen molar-refractivity contribution >= 4 is 22.1 Å². The molecule has 0 bridgehead atoms. The molecule has 0 amide bonds. The molecule has 0 spiro atoms. The fraction of sp³-hybridized carbons (Fsp3) is 0.333. The largest absolute Gasteiger partial charge is 0.259 e. The number of alkyl halides is 1. The van der Waals surface area contributed by atoms with E-state index in [1.54, 1.807) is 6.21 Å². The lowest BCUT2D eigenvalue weighted by molar-refractivity contribution is 0.796. The summed E-state index contributed by atoms with van der Waals surface area (Å²) in [6.45, 7) is 0. The fourth-order valence-corrected chi connectivity index (χ4v) is 0.879. The van der Waals surface area contributed by atoms with E-state index in [0.29, 0.717) is 6.42 Å². The van der Waals surface area contributed by atoms with E-state index in [2.05, 4.69) is 20.9 Å². The van der Waals surface area contributed by atoms with Crippen LogP contribution in [0.2, 0.25) is 0 Å². The minimum Gasteiger partial charge on any atom is -0.259 e. The molecule has 1 rings (SSSR count). The molecular formula is C6H5BrN2. The molecule has 0 saturated carbocycles. The summed E-state index contributed by atoms with van der Waals surface area (Å²) in [6, 6.07) is 2.05. The average Bonchev–Trinajstić information content (AvgIpc) is 1.90. The van der Waals surface area contributed by atoms with E-state index in [-0.39, 0.29) is 0 Å². The molecule has 0 radical (unpaired) electrons. The molecule has 1 unspecified atom stereocenters. The maximum absolute atomic E-state index is 8.51. The average molecular weight is 185 g/mol. The van der Waals surface area contributed by atoms with Gasteiger partial charge < -0.3 is 0 Å². The van der Waals surface area contributed by atoms with Gasteiger partial charge in [0.05, 0.1) is 0 Å². The molecule has 0 fully saturated rings. The lowest BCUT2D eigenvalue weighted by Gasteiger charge is -2.12. The highest BCUT2D eigenvalue weighted by molar-refractivity contribution is 9.10. The molecule has 0 aromatic carbocycles. The predicted octanol–water partition coefficient (Wildman–Crippen LogP) is 1.63. The second kappa shape index (κ2) is 2.32. The normalized spacial score (nSPS) is 32.0. The molecule has 0 N–H and O–H groups in total. The van der Waals surface area contributed by atoms with Crippen LogP contribution >= 0.6 is 15.9 Å². The molecule has 1 atom stereocenters. The fourth-order valence-electron chi connectivity index (χ4n) is 0.573. The summed E-state index contributed by atoms with van der Waals surface area (Å²) >= 11 is 3.18. The molecular weight excluding hydrogens is 180 g/mol. The van der Waals surface area contributed by atoms with Gasteiger partial charge >= 0.3 is 0 Å². The van der Waals surface area contributed by atoms with Crippen molar-refractivity contribution in [2.24, 2.45) is 4.99 Å². The molecule has 1 aliphatic heterocycles. The first kappa shape index (κ1) is 6.50. The van der Waals surface area contributed by atoms with E-state index in [1.165, 1.54) is 0 Å². The van der Waals surface area contributed by atoms with Crippen LogP contribution in [0.5, 0.6) is 0 Å². The Morgan fingerprint density at radius 3 is 2.89 bits per heavy atom. The van der Waals surface area contributed by atoms with Crippen LogP contribution in [-0.2, 0) is 0 Å². The van der Waals surface area contributed by atoms with Crippen LogP contribution in [0.3, 0.4) is 0 Å². The molecule has 0 aliphatic carbocycles. The summed E-state index contributed by atoms with van der Waals surface area (Å²) in [7, 11) is 0. The monoisotopic (exact) mass is 184 g/mol. The number of allylic oxidation sites excluding steroid dienone is 1. The zero-order chi connectivity index (χ0) is 6.74. The van der Waals surface area contributed by atoms with Crippen molar-refractivity contribution in [1.82, 2.24) is 0 Å². The van der Waals surface area contributed by atoms with Gasteiger partial charge in [0.1, 0.15) is 6.07 Å². The quantitative estimate of drug-likeness (QED) is 0.417. The van der Waals surface area contributed by atoms with Crippen molar-refractivity contribution in [3.63, 3.8) is 0 Å². The van der Waals surface area contributed by atoms with E-state index in [9.17, 15) is 0 Å². The number of hydrogen-bond donors (Lipinski definition) is 0. The SMILES string of the molecule is N#CC1(Br)CC=CC=N1. The second-order valence-corrected chi connectivity index (χ2v) is 3.09. The Bertz CT molecular complexity index is 202. The highest BCUT2D eigenvalue weighted by Gasteiger charge is 2.23. The Kier molecular flexibility index (Phi) is 1.68. The number of rotatable bonds is 0. The van der Waals surface area contributed by atoms with E-state index in [1.807, 2.05) is 18.2 Å². The summed E-state index contributed by atoms with van der Waals surface area (Å²) in [6.07, 6.45) is 6.02. The van der Waals surface area contributed by atoms with Crippen LogP contribution in [0.4, 0.5) is 0 Å². The maximum atomic E-state index is 8.51. The van der Waals surface area contributed by atoms with E-state index >= 15 is 0 Å². The van der Waals surface area contributed by atoms with Crippen molar-refractivity contribution in [2.75, 3.05) is 0 Å². The Morgan fingerprint density at radius 2 is 2.56 bits per heavy atom. The van der Waals surface area contributed by atoms with Gasteiger partial charge in [-0.3, -0.25) is 4.99 Å². The van der Waals surface area contributed by atoms with E-state index < -0.39 is 4.45 Å². The molecule has 0 saturated heterocycles. The van der Waals surface area contributed by atoms with Crippen molar-refractivity contribution in [3.05, 3.63) is 12.2 Å². The maximum Gasteiger partial charge on any atom is 0.203 e. The number of dihydropyridines is 1. The first-order valence-electron chi connectivity index (χ1n) is 2.57. The predicted molar refractivity (Wildman–Crippen MR) is 39.5 cm³/mol. The summed E-state index contributed by atoms with van der Waals surface area (Å²) in [4.78, 5) is 3.92. The number of nitrogens with zero attached hydrogens (tertiary/aromatic N) is 2. The topological polar surface area (TPSA) is 36.1 Å². The first-order valence-corrected chi connectivity index (χ1v) is 3.37. The molecule has 46 valence electrons. The van der Waals surface area contributed by atoms with Gasteiger partial charge in [0.2, 0.25) is 4.45 Å². The Labute approximate surface area is 62.0 Å². The minimum absolute atomic E-state index is 0.653. The van der Waals surface area contributed by atoms with Crippen molar-refractivity contribution < 1.29 is 0 Å². The molecule has 3 heteroatoms. The van der Waals surface area contributed by atoms with Gasteiger partial charge in [0.15, 0.2) is 0 Å². The van der Waals surface area contributed by atoms with Crippen LogP contribution in [0.1, 0.15) is 6.42 Å². The third-order valence-corrected chi connectivity index (χ3v) is 1.77. The number of hydrogen-bond acceptors (Lipinski definition) is 2. The Balaban J connectivity index is 2.77. The third-order valence-electron chi connectivity index (χ3n) is 1.06. The third kappa shape index (κ3) is 1.39. The summed E-state index contributed by atoms with van der Waals surface area (Å²) < 4.78 is -0.679. The number of halogens is 1. The van der Waals surface area contributed by atoms with Crippen molar-refractivity contribution in [3.8, 4) is 6.07 Å². The minimum atomic E-state index is -0.679. The Morgan fingerprint density at radius 1 is 1.78 bits per heavy atom. The molecule has 0 aromatic rings. The van der Waals surface area contributed by atoms with Crippen LogP contribution in [0.15, 0.2) is 17.1 Å². The highest BCUT2D eigenvalue weighted by Crippen LogP contribution is 2.25. The van der Waals surface area contributed by atoms with Crippen LogP contribution in [-0.4, -0.2) is 10.7 Å². The lowest BCUT2D eigenvalue weighted by atomic mass is 10.2. The van der Waals surface area contributed by atoms with E-state index in [4.69, 9.17) is 5.26 Å². The molecule has 1 aliphatic rings. The zero-order valence-electron chi connectivity index (χ0n) is 4.71. The summed E-state index contributed by atoms with van der Waals surface area (Å²) in [5.41, 5.74) is 0. The molecule has 1 heterocycles. The summed E-state index contributed by atoms with van der Waals surface area (Å²) in [5.74, 6) is 0. The second-order valence-electron chi connectivity index (χ2n) is 1.78. The number of aliphatic imine (C=N–C) groups is 1. The van der Waals surface area contributed by atoms with Crippen LogP contribution in [0, 0.1) is 11.3 Å². The molecule has 2 nitrogen and oxygen atoms in total. The van der Waals surface area contributed by atoms with Crippen LogP contribution < -0.4 is 0 Å². The van der Waals surface area contributed by atoms with Gasteiger partial charge in [0, 0.05) is 12.6 Å². The first-order chi connectivity index (χ1) is 4.27. The smallest absolute Gasteiger partial charge is 0.203 e. The van der Waals surface area contributed by atoms with Gasteiger partial charge in [-0.05, 0) is 22.0 Å². The Hall–Kier alpha value is -0.620. The van der Waals surface area contributed by atoms with Gasteiger partial charge in [-0.1, -0.05) is 6.08 Å². The van der Waals surface area contributed by atoms with Crippen molar-refractivity contribution in [2.45, 2.75) is 10.9 Å². The summed E-state index contributed by atoms with van der Waals surface area (Å²) in [5, 5.41) is 8.51. The lowest BCUT2D eigenvalue weighted by Crippen LogP contribution is -2.15. The van der Waals surface area contributed by atoms with Gasteiger partial charge in [-0.15, -0.1) is 0 Å². The number of nitriles is 1.